The van der Waals surface area contributed by atoms with Gasteiger partial charge in [0, 0.05) is 32.2 Å². The number of carbonyl (C=O) groups is 2. The van der Waals surface area contributed by atoms with Gasteiger partial charge in [-0.1, -0.05) is 0 Å². The minimum atomic E-state index is -2.67. The number of aromatic nitrogens is 3. The molecule has 2 heterocycles. The number of nitrogens with zero attached hydrogens (tertiary/aromatic N) is 3. The highest BCUT2D eigenvalue weighted by Crippen LogP contribution is 2.33. The maximum Gasteiger partial charge on any atom is 0.270 e. The summed E-state index contributed by atoms with van der Waals surface area (Å²) in [5.74, 6) is -3.87. The third kappa shape index (κ3) is 3.50. The smallest absolute Gasteiger partial charge is 0.270 e. The predicted octanol–water partition coefficient (Wildman–Crippen LogP) is 1.28. The van der Waals surface area contributed by atoms with Crippen LogP contribution in [0.15, 0.2) is 12.3 Å². The Labute approximate surface area is 147 Å². The maximum absolute atomic E-state index is 13.3. The highest BCUT2D eigenvalue weighted by molar-refractivity contribution is 6.01. The molecule has 1 aliphatic carbocycles. The molecule has 0 aliphatic heterocycles. The summed E-state index contributed by atoms with van der Waals surface area (Å²) in [5.41, 5.74) is 6.03. The van der Waals surface area contributed by atoms with Crippen LogP contribution in [0.2, 0.25) is 0 Å². The van der Waals surface area contributed by atoms with Gasteiger partial charge in [0.25, 0.3) is 11.8 Å². The number of rotatable bonds is 5. The van der Waals surface area contributed by atoms with Crippen molar-refractivity contribution in [2.75, 3.05) is 7.11 Å². The number of carbonyl (C=O) groups excluding carboxylic acids is 2. The first-order valence-corrected chi connectivity index (χ1v) is 8.16. The van der Waals surface area contributed by atoms with Crippen LogP contribution in [0.3, 0.4) is 0 Å². The van der Waals surface area contributed by atoms with Crippen molar-refractivity contribution in [2.24, 2.45) is 5.73 Å². The van der Waals surface area contributed by atoms with Gasteiger partial charge in [-0.2, -0.15) is 5.10 Å². The van der Waals surface area contributed by atoms with Crippen LogP contribution in [-0.2, 0) is 11.3 Å². The van der Waals surface area contributed by atoms with Crippen LogP contribution < -0.4 is 11.1 Å². The molecule has 0 saturated heterocycles. The molecule has 2 amide bonds. The third-order valence-electron chi connectivity index (χ3n) is 4.40. The number of methoxy groups -OCH3 is 1. The Morgan fingerprint density at radius 2 is 2.12 bits per heavy atom. The first-order valence-electron chi connectivity index (χ1n) is 8.16. The molecule has 3 N–H and O–H groups in total. The second-order valence-corrected chi connectivity index (χ2v) is 6.29. The summed E-state index contributed by atoms with van der Waals surface area (Å²) in [6, 6.07) is 1.10. The minimum Gasteiger partial charge on any atom is -0.378 e. The zero-order chi connectivity index (χ0) is 18.9. The van der Waals surface area contributed by atoms with Crippen molar-refractivity contribution in [3.63, 3.8) is 0 Å². The van der Waals surface area contributed by atoms with Crippen molar-refractivity contribution in [2.45, 2.75) is 44.3 Å². The van der Waals surface area contributed by atoms with E-state index in [1.807, 2.05) is 0 Å². The van der Waals surface area contributed by atoms with Crippen molar-refractivity contribution in [3.8, 4) is 0 Å². The molecule has 140 valence electrons. The fourth-order valence-corrected chi connectivity index (χ4v) is 3.10. The molecule has 1 fully saturated rings. The topological polar surface area (TPSA) is 112 Å². The van der Waals surface area contributed by atoms with Crippen LogP contribution in [0.5, 0.6) is 0 Å². The van der Waals surface area contributed by atoms with E-state index >= 15 is 0 Å². The van der Waals surface area contributed by atoms with Crippen LogP contribution in [0.1, 0.15) is 52.2 Å². The monoisotopic (exact) mass is 367 g/mol. The number of hydrogen-bond donors (Lipinski definition) is 2. The molecule has 1 saturated carbocycles. The summed E-state index contributed by atoms with van der Waals surface area (Å²) in [5, 5.41) is 6.96. The normalized spacial score (nSPS) is 17.3. The summed E-state index contributed by atoms with van der Waals surface area (Å²) < 4.78 is 32.7. The highest BCUT2D eigenvalue weighted by atomic mass is 19.3. The number of nitrogens with one attached hydrogen (secondary N) is 1. The summed E-state index contributed by atoms with van der Waals surface area (Å²) in [7, 11) is 1.44. The number of nitrogens with two attached hydrogens (primary N) is 1. The molecule has 0 spiro atoms. The molecule has 0 aromatic carbocycles. The van der Waals surface area contributed by atoms with E-state index < -0.39 is 17.7 Å². The van der Waals surface area contributed by atoms with Crippen molar-refractivity contribution in [1.29, 1.82) is 0 Å². The number of amides is 2. The summed E-state index contributed by atoms with van der Waals surface area (Å²) >= 11 is 0. The molecule has 10 heteroatoms. The number of ether oxygens (including phenoxy) is 1. The van der Waals surface area contributed by atoms with E-state index in [2.05, 4.69) is 15.4 Å². The quantitative estimate of drug-likeness (QED) is 0.827. The van der Waals surface area contributed by atoms with E-state index in [1.165, 1.54) is 23.9 Å². The van der Waals surface area contributed by atoms with Crippen molar-refractivity contribution >= 4 is 17.5 Å². The molecular formula is C16H19F2N5O3. The van der Waals surface area contributed by atoms with Crippen LogP contribution >= 0.6 is 0 Å². The minimum absolute atomic E-state index is 0.0282. The molecule has 0 radical (unpaired) electrons. The largest absolute Gasteiger partial charge is 0.378 e. The van der Waals surface area contributed by atoms with E-state index in [0.717, 1.165) is 0 Å². The Morgan fingerprint density at radius 1 is 1.42 bits per heavy atom. The van der Waals surface area contributed by atoms with E-state index in [-0.39, 0.29) is 60.9 Å². The third-order valence-corrected chi connectivity index (χ3v) is 4.40. The van der Waals surface area contributed by atoms with Crippen LogP contribution in [0, 0.1) is 0 Å². The molecule has 3 rings (SSSR count). The van der Waals surface area contributed by atoms with Crippen molar-refractivity contribution in [3.05, 3.63) is 29.2 Å². The standard InChI is InChI=1S/C16H19F2N5O3/c1-26-8-10-12(13(19)24)14-20-7-4-11(23(14)22-10)15(25)21-9-2-5-16(17,18)6-3-9/h4,7,9H,2-3,5-6,8H2,1H3,(H2,19,24)(H,21,25). The van der Waals surface area contributed by atoms with Gasteiger partial charge in [0.15, 0.2) is 5.65 Å². The van der Waals surface area contributed by atoms with Crippen molar-refractivity contribution < 1.29 is 23.1 Å². The first-order chi connectivity index (χ1) is 12.3. The van der Waals surface area contributed by atoms with Crippen LogP contribution in [-0.4, -0.2) is 45.5 Å². The molecule has 26 heavy (non-hydrogen) atoms. The number of fused-ring (bicyclic) bond motifs is 1. The molecule has 2 aromatic rings. The molecule has 2 aromatic heterocycles. The molecule has 0 bridgehead atoms. The van der Waals surface area contributed by atoms with Gasteiger partial charge in [0.2, 0.25) is 5.92 Å². The van der Waals surface area contributed by atoms with E-state index in [9.17, 15) is 18.4 Å². The second-order valence-electron chi connectivity index (χ2n) is 6.29. The average Bonchev–Trinajstić information content (AvgIpc) is 2.95. The Morgan fingerprint density at radius 3 is 2.73 bits per heavy atom. The average molecular weight is 367 g/mol. The van der Waals surface area contributed by atoms with Gasteiger partial charge in [-0.25, -0.2) is 18.3 Å². The lowest BCUT2D eigenvalue weighted by Gasteiger charge is -2.28. The van der Waals surface area contributed by atoms with Gasteiger partial charge in [0.1, 0.15) is 17.0 Å². The van der Waals surface area contributed by atoms with E-state index in [0.29, 0.717) is 0 Å². The molecule has 1 aliphatic rings. The molecule has 0 atom stereocenters. The van der Waals surface area contributed by atoms with Crippen LogP contribution in [0.4, 0.5) is 8.78 Å². The second kappa shape index (κ2) is 6.94. The fourth-order valence-electron chi connectivity index (χ4n) is 3.10. The highest BCUT2D eigenvalue weighted by Gasteiger charge is 2.35. The van der Waals surface area contributed by atoms with E-state index in [4.69, 9.17) is 10.5 Å². The Bertz CT molecular complexity index is 842. The molecular weight excluding hydrogens is 348 g/mol. The fraction of sp³-hybridized carbons (Fsp3) is 0.500. The van der Waals surface area contributed by atoms with Gasteiger partial charge >= 0.3 is 0 Å². The summed E-state index contributed by atoms with van der Waals surface area (Å²) in [6.07, 6.45) is 1.26. The molecule has 0 unspecified atom stereocenters. The molecule has 8 nitrogen and oxygen atoms in total. The lowest BCUT2D eigenvalue weighted by Crippen LogP contribution is -2.40. The SMILES string of the molecule is COCc1nn2c(C(=O)NC3CCC(F)(F)CC3)ccnc2c1C(N)=O. The van der Waals surface area contributed by atoms with Gasteiger partial charge in [-0.3, -0.25) is 9.59 Å². The maximum atomic E-state index is 13.3. The lowest BCUT2D eigenvalue weighted by molar-refractivity contribution is -0.0399. The zero-order valence-electron chi connectivity index (χ0n) is 14.2. The number of primary amides is 1. The van der Waals surface area contributed by atoms with Gasteiger partial charge in [-0.15, -0.1) is 0 Å². The summed E-state index contributed by atoms with van der Waals surface area (Å²) in [4.78, 5) is 28.4. The van der Waals surface area contributed by atoms with Gasteiger partial charge < -0.3 is 15.8 Å². The van der Waals surface area contributed by atoms with Crippen molar-refractivity contribution in [1.82, 2.24) is 19.9 Å². The number of alkyl halides is 2. The van der Waals surface area contributed by atoms with Crippen LogP contribution in [0.25, 0.3) is 5.65 Å². The van der Waals surface area contributed by atoms with Gasteiger partial charge in [-0.05, 0) is 18.9 Å². The summed E-state index contributed by atoms with van der Waals surface area (Å²) in [6.45, 7) is 0.0282. The Hall–Kier alpha value is -2.62. The predicted molar refractivity (Wildman–Crippen MR) is 86.9 cm³/mol. The zero-order valence-corrected chi connectivity index (χ0v) is 14.2. The lowest BCUT2D eigenvalue weighted by atomic mass is 9.92. The number of halogens is 2. The first kappa shape index (κ1) is 18.2. The Balaban J connectivity index is 1.89. The van der Waals surface area contributed by atoms with Gasteiger partial charge in [0.05, 0.1) is 6.61 Å². The Kier molecular flexibility index (Phi) is 4.86. The number of hydrogen-bond acceptors (Lipinski definition) is 5. The van der Waals surface area contributed by atoms with E-state index in [1.54, 1.807) is 0 Å².